The van der Waals surface area contributed by atoms with Crippen LogP contribution >= 0.6 is 30.8 Å². The highest BCUT2D eigenvalue weighted by Gasteiger charge is 2.44. The van der Waals surface area contributed by atoms with Crippen LogP contribution in [0.25, 0.3) is 0 Å². The Balaban J connectivity index is 1.60. The van der Waals surface area contributed by atoms with Gasteiger partial charge in [-0.15, -0.1) is 0 Å². The average molecular weight is 720 g/mol. The van der Waals surface area contributed by atoms with E-state index in [1.165, 1.54) is 25.3 Å². The Morgan fingerprint density at radius 3 is 2.00 bits per heavy atom. The molecule has 3 atom stereocenters. The summed E-state index contributed by atoms with van der Waals surface area (Å²) in [4.78, 5) is 12.9. The van der Waals surface area contributed by atoms with E-state index in [4.69, 9.17) is 41.4 Å². The molecule has 4 aromatic rings. The van der Waals surface area contributed by atoms with E-state index in [1.54, 1.807) is 18.2 Å². The van der Waals surface area contributed by atoms with Gasteiger partial charge >= 0.3 is 13.6 Å². The van der Waals surface area contributed by atoms with Crippen molar-refractivity contribution in [3.63, 3.8) is 0 Å². The maximum atomic E-state index is 14.2. The molecular weight excluding hydrogens is 681 g/mol. The number of hydrogen-bond donors (Lipinski definition) is 1. The predicted octanol–water partition coefficient (Wildman–Crippen LogP) is 7.74. The highest BCUT2D eigenvalue weighted by Crippen LogP contribution is 2.54. The minimum Gasteiger partial charge on any atom is -0.488 e. The highest BCUT2D eigenvalue weighted by molar-refractivity contribution is 7.53. The second-order valence-electron chi connectivity index (χ2n) is 12.1. The number of carboxylic acid groups (broad SMARTS) is 1. The lowest BCUT2D eigenvalue weighted by molar-refractivity contribution is -0.149. The Hall–Kier alpha value is -3.01. The van der Waals surface area contributed by atoms with Gasteiger partial charge in [-0.3, -0.25) is 4.57 Å². The lowest BCUT2D eigenvalue weighted by atomic mass is 9.78. The van der Waals surface area contributed by atoms with Gasteiger partial charge in [0.05, 0.1) is 17.8 Å². The summed E-state index contributed by atoms with van der Waals surface area (Å²) in [5.41, 5.74) is 0.390. The zero-order valence-corrected chi connectivity index (χ0v) is 30.1. The molecule has 0 fully saturated rings. The van der Waals surface area contributed by atoms with Crippen LogP contribution in [0.15, 0.2) is 97.1 Å². The summed E-state index contributed by atoms with van der Waals surface area (Å²) in [7, 11) is -5.20. The Bertz CT molecular complexity index is 1630. The smallest absolute Gasteiger partial charge is 0.331 e. The molecule has 250 valence electrons. The van der Waals surface area contributed by atoms with Gasteiger partial charge in [-0.2, -0.15) is 0 Å². The maximum absolute atomic E-state index is 14.2. The molecule has 0 spiro atoms. The number of halogens is 3. The van der Waals surface area contributed by atoms with Crippen LogP contribution < -0.4 is 15.1 Å². The molecular formula is C35H38Cl2FO7PSi. The van der Waals surface area contributed by atoms with Crippen LogP contribution in [0.1, 0.15) is 31.9 Å². The number of rotatable bonds is 15. The fourth-order valence-electron chi connectivity index (χ4n) is 5.07. The SMILES string of the molecule is COP(=O)(CC(C(O[SiH](c1ccccc1)c1ccccc1)C(=O)O)C(C)(C)C)OCc1c(Cl)cc(Cl)cc1OCc1ccc(F)cc1. The quantitative estimate of drug-likeness (QED) is 0.0994. The molecule has 0 saturated carbocycles. The Morgan fingerprint density at radius 2 is 1.49 bits per heavy atom. The number of ether oxygens (including phenoxy) is 1. The number of hydrogen-bond acceptors (Lipinski definition) is 6. The number of carbonyl (C=O) groups is 1. The van der Waals surface area contributed by atoms with Crippen molar-refractivity contribution in [3.8, 4) is 5.75 Å². The first-order valence-corrected chi connectivity index (χ1v) is 19.0. The van der Waals surface area contributed by atoms with Crippen molar-refractivity contribution in [2.45, 2.75) is 40.1 Å². The first-order chi connectivity index (χ1) is 22.3. The van der Waals surface area contributed by atoms with Crippen molar-refractivity contribution in [1.29, 1.82) is 0 Å². The Morgan fingerprint density at radius 1 is 0.915 bits per heavy atom. The van der Waals surface area contributed by atoms with E-state index in [1.807, 2.05) is 81.4 Å². The average Bonchev–Trinajstić information content (AvgIpc) is 3.04. The molecule has 4 aromatic carbocycles. The summed E-state index contributed by atoms with van der Waals surface area (Å²) in [6.45, 7) is 5.42. The first kappa shape index (κ1) is 36.8. The van der Waals surface area contributed by atoms with E-state index in [-0.39, 0.29) is 36.0 Å². The summed E-state index contributed by atoms with van der Waals surface area (Å²) in [5.74, 6) is -2.04. The van der Waals surface area contributed by atoms with Crippen molar-refractivity contribution in [2.24, 2.45) is 11.3 Å². The van der Waals surface area contributed by atoms with Crippen molar-refractivity contribution < 1.29 is 37.1 Å². The van der Waals surface area contributed by atoms with Gasteiger partial charge in [0, 0.05) is 23.6 Å². The molecule has 0 radical (unpaired) electrons. The molecule has 0 aromatic heterocycles. The van der Waals surface area contributed by atoms with Crippen LogP contribution in [0, 0.1) is 17.2 Å². The van der Waals surface area contributed by atoms with E-state index in [0.717, 1.165) is 10.4 Å². The standard InChI is InChI=1S/C35H38Cl2FO7PSi/c1-35(2,3)30(33(34(39)40)45-47(27-11-7-5-8-12-27)28-13-9-6-10-14-28)23-46(41,42-4)44-22-29-31(37)19-25(36)20-32(29)43-21-24-15-17-26(38)18-16-24/h5-20,30,33,47H,21-23H2,1-4H3,(H,39,40). The largest absolute Gasteiger partial charge is 0.488 e. The van der Waals surface area contributed by atoms with E-state index in [0.29, 0.717) is 16.1 Å². The molecule has 47 heavy (non-hydrogen) atoms. The van der Waals surface area contributed by atoms with Crippen LogP contribution in [0.5, 0.6) is 5.75 Å². The Kier molecular flexibility index (Phi) is 12.8. The molecule has 4 rings (SSSR count). The molecule has 0 bridgehead atoms. The molecule has 0 aliphatic carbocycles. The summed E-state index contributed by atoms with van der Waals surface area (Å²) in [5, 5.41) is 12.9. The van der Waals surface area contributed by atoms with E-state index < -0.39 is 40.0 Å². The number of aliphatic carboxylic acids is 1. The fourth-order valence-corrected chi connectivity index (χ4v) is 9.95. The molecule has 0 aliphatic heterocycles. The van der Waals surface area contributed by atoms with Crippen molar-refractivity contribution >= 4 is 56.2 Å². The zero-order valence-electron chi connectivity index (χ0n) is 26.6. The van der Waals surface area contributed by atoms with Gasteiger partial charge < -0.3 is 23.3 Å². The van der Waals surface area contributed by atoms with E-state index >= 15 is 0 Å². The third-order valence-electron chi connectivity index (χ3n) is 7.74. The van der Waals surface area contributed by atoms with Gasteiger partial charge in [0.15, 0.2) is 0 Å². The van der Waals surface area contributed by atoms with E-state index in [2.05, 4.69) is 0 Å². The summed E-state index contributed by atoms with van der Waals surface area (Å²) < 4.78 is 51.6. The van der Waals surface area contributed by atoms with Crippen LogP contribution in [0.3, 0.4) is 0 Å². The first-order valence-electron chi connectivity index (χ1n) is 14.9. The Labute approximate surface area is 286 Å². The van der Waals surface area contributed by atoms with Crippen molar-refractivity contribution in [2.75, 3.05) is 13.3 Å². The lowest BCUT2D eigenvalue weighted by Gasteiger charge is -2.38. The van der Waals surface area contributed by atoms with E-state index in [9.17, 15) is 18.9 Å². The predicted molar refractivity (Wildman–Crippen MR) is 186 cm³/mol. The molecule has 1 N–H and O–H groups in total. The van der Waals surface area contributed by atoms with Gasteiger partial charge in [0.1, 0.15) is 24.3 Å². The van der Waals surface area contributed by atoms with Crippen LogP contribution in [-0.4, -0.2) is 39.5 Å². The summed E-state index contributed by atoms with van der Waals surface area (Å²) in [6.07, 6.45) is -1.57. The number of benzene rings is 4. The monoisotopic (exact) mass is 718 g/mol. The normalized spacial score (nSPS) is 14.4. The molecule has 0 aliphatic rings. The molecule has 7 nitrogen and oxygen atoms in total. The van der Waals surface area contributed by atoms with Crippen LogP contribution in [-0.2, 0) is 36.0 Å². The molecule has 0 saturated heterocycles. The van der Waals surface area contributed by atoms with Crippen LogP contribution in [0.2, 0.25) is 10.0 Å². The van der Waals surface area contributed by atoms with Gasteiger partial charge in [0.25, 0.3) is 0 Å². The van der Waals surface area contributed by atoms with Gasteiger partial charge in [-0.05, 0) is 45.6 Å². The fraction of sp³-hybridized carbons (Fsp3) is 0.286. The van der Waals surface area contributed by atoms with Gasteiger partial charge in [-0.25, -0.2) is 9.18 Å². The second-order valence-corrected chi connectivity index (χ2v) is 17.5. The minimum absolute atomic E-state index is 0.0868. The topological polar surface area (TPSA) is 91.3 Å². The summed E-state index contributed by atoms with van der Waals surface area (Å²) in [6, 6.07) is 28.0. The number of carboxylic acids is 1. The van der Waals surface area contributed by atoms with Gasteiger partial charge in [0.2, 0.25) is 9.04 Å². The van der Waals surface area contributed by atoms with Gasteiger partial charge in [-0.1, -0.05) is 117 Å². The zero-order chi connectivity index (χ0) is 34.2. The van der Waals surface area contributed by atoms with Crippen molar-refractivity contribution in [3.05, 3.63) is 124 Å². The highest BCUT2D eigenvalue weighted by atomic mass is 35.5. The van der Waals surface area contributed by atoms with Crippen LogP contribution in [0.4, 0.5) is 4.39 Å². The minimum atomic E-state index is -3.95. The van der Waals surface area contributed by atoms with Crippen molar-refractivity contribution in [1.82, 2.24) is 0 Å². The summed E-state index contributed by atoms with van der Waals surface area (Å²) >= 11 is 12.8. The molecule has 3 unspecified atom stereocenters. The third-order valence-corrected chi connectivity index (χ3v) is 12.8. The molecule has 0 heterocycles. The third kappa shape index (κ3) is 10.2. The lowest BCUT2D eigenvalue weighted by Crippen LogP contribution is -2.52. The second kappa shape index (κ2) is 16.4. The maximum Gasteiger partial charge on any atom is 0.331 e. The molecule has 0 amide bonds. The molecule has 12 heteroatoms.